The number of hydrogen-bond donors (Lipinski definition) is 2. The van der Waals surface area contributed by atoms with Crippen molar-refractivity contribution in [3.8, 4) is 0 Å². The van der Waals surface area contributed by atoms with Gasteiger partial charge >= 0.3 is 0 Å². The highest BCUT2D eigenvalue weighted by Crippen LogP contribution is 2.09. The highest BCUT2D eigenvalue weighted by Gasteiger charge is 2.05. The van der Waals surface area contributed by atoms with Crippen LogP contribution in [0.1, 0.15) is 11.1 Å². The molecule has 0 fully saturated rings. The first-order chi connectivity index (χ1) is 9.29. The second-order valence-corrected chi connectivity index (χ2v) is 4.17. The van der Waals surface area contributed by atoms with Crippen molar-refractivity contribution in [3.05, 3.63) is 48.0 Å². The topological polar surface area (TPSA) is 71.8 Å². The lowest BCUT2D eigenvalue weighted by molar-refractivity contribution is -0.120. The fourth-order valence-corrected chi connectivity index (χ4v) is 1.79. The fraction of sp³-hybridized carbons (Fsp3) is 0.308. The molecule has 2 N–H and O–H groups in total. The molecule has 1 heterocycles. The Morgan fingerprint density at radius 3 is 2.57 bits per heavy atom. The third-order valence-electron chi connectivity index (χ3n) is 2.73. The van der Waals surface area contributed by atoms with Gasteiger partial charge in [-0.3, -0.25) is 4.79 Å². The summed E-state index contributed by atoms with van der Waals surface area (Å²) in [5.41, 5.74) is 2.21. The normalized spacial score (nSPS) is 9.38. The van der Waals surface area contributed by atoms with Gasteiger partial charge in [-0.1, -0.05) is 24.3 Å². The van der Waals surface area contributed by atoms with Crippen LogP contribution in [0.5, 0.6) is 0 Å². The Bertz CT molecular complexity index is 533. The molecule has 21 heavy (non-hydrogen) atoms. The lowest BCUT2D eigenvalue weighted by atomic mass is 10.1. The highest BCUT2D eigenvalue weighted by molar-refractivity contribution is 5.85. The van der Waals surface area contributed by atoms with Crippen molar-refractivity contribution in [2.75, 3.05) is 13.6 Å². The molecule has 8 heteroatoms. The summed E-state index contributed by atoms with van der Waals surface area (Å²) in [6.07, 6.45) is 3.19. The Morgan fingerprint density at radius 1 is 1.24 bits per heavy atom. The summed E-state index contributed by atoms with van der Waals surface area (Å²) in [4.78, 5) is 15.4. The SMILES string of the molecule is CNCC(=O)NCc1ccccc1Cn1cncn1.Cl.Cl. The van der Waals surface area contributed by atoms with E-state index in [0.717, 1.165) is 11.1 Å². The molecule has 0 unspecified atom stereocenters. The molecule has 0 spiro atoms. The van der Waals surface area contributed by atoms with Crippen LogP contribution in [0, 0.1) is 0 Å². The van der Waals surface area contributed by atoms with Crippen LogP contribution in [-0.4, -0.2) is 34.3 Å². The first-order valence-corrected chi connectivity index (χ1v) is 6.10. The van der Waals surface area contributed by atoms with Crippen molar-refractivity contribution in [2.24, 2.45) is 0 Å². The molecule has 1 amide bonds. The van der Waals surface area contributed by atoms with Crippen LogP contribution in [0.25, 0.3) is 0 Å². The quantitative estimate of drug-likeness (QED) is 0.828. The summed E-state index contributed by atoms with van der Waals surface area (Å²) in [6, 6.07) is 7.97. The monoisotopic (exact) mass is 331 g/mol. The van der Waals surface area contributed by atoms with E-state index in [9.17, 15) is 4.79 Å². The van der Waals surface area contributed by atoms with Gasteiger partial charge in [-0.15, -0.1) is 24.8 Å². The van der Waals surface area contributed by atoms with Crippen LogP contribution < -0.4 is 10.6 Å². The molecule has 1 aromatic heterocycles. The average molecular weight is 332 g/mol. The van der Waals surface area contributed by atoms with E-state index in [1.165, 1.54) is 6.33 Å². The molecular formula is C13H19Cl2N5O. The molecule has 0 saturated carbocycles. The number of carbonyl (C=O) groups is 1. The van der Waals surface area contributed by atoms with Crippen molar-refractivity contribution in [2.45, 2.75) is 13.1 Å². The van der Waals surface area contributed by atoms with E-state index in [0.29, 0.717) is 19.6 Å². The van der Waals surface area contributed by atoms with Gasteiger partial charge in [0.15, 0.2) is 0 Å². The molecule has 0 atom stereocenters. The number of halogens is 2. The maximum atomic E-state index is 11.4. The molecule has 116 valence electrons. The second-order valence-electron chi connectivity index (χ2n) is 4.17. The number of hydrogen-bond acceptors (Lipinski definition) is 4. The second kappa shape index (κ2) is 10.1. The van der Waals surface area contributed by atoms with E-state index in [-0.39, 0.29) is 30.7 Å². The summed E-state index contributed by atoms with van der Waals surface area (Å²) in [6.45, 7) is 1.49. The zero-order valence-electron chi connectivity index (χ0n) is 11.7. The Morgan fingerprint density at radius 2 is 1.95 bits per heavy atom. The molecule has 0 radical (unpaired) electrons. The Labute approximate surface area is 136 Å². The van der Waals surface area contributed by atoms with E-state index in [1.54, 1.807) is 18.1 Å². The predicted octanol–water partition coefficient (Wildman–Crippen LogP) is 1.01. The van der Waals surface area contributed by atoms with E-state index in [1.807, 2.05) is 24.3 Å². The number of benzene rings is 1. The summed E-state index contributed by atoms with van der Waals surface area (Å²) in [7, 11) is 1.75. The van der Waals surface area contributed by atoms with Gasteiger partial charge < -0.3 is 10.6 Å². The van der Waals surface area contributed by atoms with E-state index in [4.69, 9.17) is 0 Å². The van der Waals surface area contributed by atoms with Gasteiger partial charge in [0.1, 0.15) is 12.7 Å². The number of carbonyl (C=O) groups excluding carboxylic acids is 1. The number of nitrogens with one attached hydrogen (secondary N) is 2. The van der Waals surface area contributed by atoms with Crippen molar-refractivity contribution in [3.63, 3.8) is 0 Å². The van der Waals surface area contributed by atoms with Gasteiger partial charge in [0.25, 0.3) is 0 Å². The molecule has 2 rings (SSSR count). The largest absolute Gasteiger partial charge is 0.351 e. The molecule has 0 aliphatic heterocycles. The van der Waals surface area contributed by atoms with E-state index < -0.39 is 0 Å². The third-order valence-corrected chi connectivity index (χ3v) is 2.73. The van der Waals surface area contributed by atoms with Crippen molar-refractivity contribution >= 4 is 30.7 Å². The van der Waals surface area contributed by atoms with Crippen LogP contribution in [-0.2, 0) is 17.9 Å². The van der Waals surface area contributed by atoms with Gasteiger partial charge in [0.2, 0.25) is 5.91 Å². The van der Waals surface area contributed by atoms with Crippen molar-refractivity contribution < 1.29 is 4.79 Å². The van der Waals surface area contributed by atoms with Gasteiger partial charge in [-0.2, -0.15) is 5.10 Å². The summed E-state index contributed by atoms with van der Waals surface area (Å²) < 4.78 is 1.76. The molecule has 2 aromatic rings. The maximum absolute atomic E-state index is 11.4. The molecule has 0 aliphatic rings. The molecule has 0 aliphatic carbocycles. The zero-order chi connectivity index (χ0) is 13.5. The number of rotatable bonds is 6. The molecule has 0 bridgehead atoms. The Balaban J connectivity index is 0.00000200. The minimum Gasteiger partial charge on any atom is -0.351 e. The smallest absolute Gasteiger partial charge is 0.234 e. The van der Waals surface area contributed by atoms with Crippen LogP contribution >= 0.6 is 24.8 Å². The minimum absolute atomic E-state index is 0. The van der Waals surface area contributed by atoms with E-state index >= 15 is 0 Å². The van der Waals surface area contributed by atoms with Crippen molar-refractivity contribution in [1.82, 2.24) is 25.4 Å². The van der Waals surface area contributed by atoms with Crippen LogP contribution in [0.15, 0.2) is 36.9 Å². The lowest BCUT2D eigenvalue weighted by Gasteiger charge is -2.10. The number of aromatic nitrogens is 3. The molecular weight excluding hydrogens is 313 g/mol. The van der Waals surface area contributed by atoms with Gasteiger partial charge in [-0.05, 0) is 18.2 Å². The Kier molecular flexibility index (Phi) is 9.36. The fourth-order valence-electron chi connectivity index (χ4n) is 1.79. The minimum atomic E-state index is -0.0157. The van der Waals surface area contributed by atoms with Gasteiger partial charge in [0.05, 0.1) is 13.1 Å². The Hall–Kier alpha value is -1.63. The first-order valence-electron chi connectivity index (χ1n) is 6.10. The highest BCUT2D eigenvalue weighted by atomic mass is 35.5. The number of amides is 1. The van der Waals surface area contributed by atoms with Gasteiger partial charge in [0, 0.05) is 6.54 Å². The standard InChI is InChI=1S/C13H17N5O.2ClH/c1-14-7-13(19)16-6-11-4-2-3-5-12(11)8-18-10-15-9-17-18;;/h2-5,9-10,14H,6-8H2,1H3,(H,16,19);2*1H. The van der Waals surface area contributed by atoms with Crippen molar-refractivity contribution in [1.29, 1.82) is 0 Å². The van der Waals surface area contributed by atoms with Crippen LogP contribution in [0.4, 0.5) is 0 Å². The third kappa shape index (κ3) is 6.12. The number of likely N-dealkylation sites (N-methyl/N-ethyl adjacent to an activating group) is 1. The van der Waals surface area contributed by atoms with Gasteiger partial charge in [-0.25, -0.2) is 9.67 Å². The average Bonchev–Trinajstić information content (AvgIpc) is 2.91. The maximum Gasteiger partial charge on any atom is 0.234 e. The molecule has 6 nitrogen and oxygen atoms in total. The molecule has 1 aromatic carbocycles. The van der Waals surface area contributed by atoms with Crippen LogP contribution in [0.2, 0.25) is 0 Å². The zero-order valence-corrected chi connectivity index (χ0v) is 13.3. The van der Waals surface area contributed by atoms with E-state index in [2.05, 4.69) is 20.7 Å². The lowest BCUT2D eigenvalue weighted by Crippen LogP contribution is -2.31. The summed E-state index contributed by atoms with van der Waals surface area (Å²) in [5.74, 6) is -0.0157. The van der Waals surface area contributed by atoms with Crippen LogP contribution in [0.3, 0.4) is 0 Å². The first kappa shape index (κ1) is 19.4. The summed E-state index contributed by atoms with van der Waals surface area (Å²) in [5, 5.41) is 9.78. The predicted molar refractivity (Wildman–Crippen MR) is 85.8 cm³/mol. The summed E-state index contributed by atoms with van der Waals surface area (Å²) >= 11 is 0. The number of nitrogens with zero attached hydrogens (tertiary/aromatic N) is 3. The molecule has 0 saturated heterocycles.